The SMILES string of the molecule is O=c1cccc2n1CC1CC2CN(C(=S)Nc2cccc3ccccc23)C1. The van der Waals surface area contributed by atoms with E-state index in [9.17, 15) is 4.79 Å². The minimum absolute atomic E-state index is 0.118. The maximum absolute atomic E-state index is 12.2. The van der Waals surface area contributed by atoms with Crippen molar-refractivity contribution < 1.29 is 0 Å². The number of pyridine rings is 1. The highest BCUT2D eigenvalue weighted by Gasteiger charge is 2.35. The van der Waals surface area contributed by atoms with Gasteiger partial charge in [-0.15, -0.1) is 0 Å². The van der Waals surface area contributed by atoms with E-state index in [0.717, 1.165) is 42.5 Å². The van der Waals surface area contributed by atoms with E-state index < -0.39 is 0 Å². The summed E-state index contributed by atoms with van der Waals surface area (Å²) >= 11 is 5.77. The van der Waals surface area contributed by atoms with Gasteiger partial charge < -0.3 is 14.8 Å². The summed E-state index contributed by atoms with van der Waals surface area (Å²) in [4.78, 5) is 14.5. The van der Waals surface area contributed by atoms with Gasteiger partial charge in [0.1, 0.15) is 0 Å². The van der Waals surface area contributed by atoms with Gasteiger partial charge in [0.15, 0.2) is 5.11 Å². The number of rotatable bonds is 1. The van der Waals surface area contributed by atoms with Crippen molar-refractivity contribution >= 4 is 33.8 Å². The highest BCUT2D eigenvalue weighted by atomic mass is 32.1. The van der Waals surface area contributed by atoms with Crippen molar-refractivity contribution in [2.45, 2.75) is 18.9 Å². The third kappa shape index (κ3) is 2.92. The molecule has 0 amide bonds. The van der Waals surface area contributed by atoms with Crippen LogP contribution >= 0.6 is 12.2 Å². The Balaban J connectivity index is 1.40. The first-order chi connectivity index (χ1) is 13.2. The number of piperidine rings is 1. The Kier molecular flexibility index (Phi) is 3.97. The first-order valence-electron chi connectivity index (χ1n) is 9.42. The topological polar surface area (TPSA) is 37.3 Å². The van der Waals surface area contributed by atoms with Crippen LogP contribution in [0.1, 0.15) is 18.0 Å². The molecule has 2 aromatic carbocycles. The van der Waals surface area contributed by atoms with Gasteiger partial charge in [0.05, 0.1) is 0 Å². The molecule has 2 aliphatic heterocycles. The van der Waals surface area contributed by atoms with E-state index in [0.29, 0.717) is 11.8 Å². The molecule has 136 valence electrons. The molecule has 0 saturated carbocycles. The fourth-order valence-corrected chi connectivity index (χ4v) is 4.85. The van der Waals surface area contributed by atoms with Crippen LogP contribution in [0.25, 0.3) is 10.8 Å². The normalized spacial score (nSPS) is 21.0. The molecule has 5 rings (SSSR count). The first-order valence-corrected chi connectivity index (χ1v) is 9.83. The molecule has 2 unspecified atom stereocenters. The molecule has 4 nitrogen and oxygen atoms in total. The summed E-state index contributed by atoms with van der Waals surface area (Å²) in [6.07, 6.45) is 1.14. The summed E-state index contributed by atoms with van der Waals surface area (Å²) in [5, 5.41) is 6.62. The van der Waals surface area contributed by atoms with Crippen LogP contribution in [-0.2, 0) is 6.54 Å². The number of aromatic nitrogens is 1. The average Bonchev–Trinajstić information content (AvgIpc) is 2.69. The molecule has 2 bridgehead atoms. The zero-order valence-corrected chi connectivity index (χ0v) is 15.8. The third-order valence-electron chi connectivity index (χ3n) is 5.80. The van der Waals surface area contributed by atoms with Gasteiger partial charge in [-0.3, -0.25) is 4.79 Å². The van der Waals surface area contributed by atoms with Crippen LogP contribution in [-0.4, -0.2) is 27.7 Å². The van der Waals surface area contributed by atoms with E-state index in [1.165, 1.54) is 10.8 Å². The Bertz CT molecular complexity index is 1080. The number of likely N-dealkylation sites (tertiary alicyclic amines) is 1. The Labute approximate surface area is 163 Å². The van der Waals surface area contributed by atoms with Gasteiger partial charge in [-0.05, 0) is 42.1 Å². The Morgan fingerprint density at radius 2 is 1.78 bits per heavy atom. The lowest BCUT2D eigenvalue weighted by atomic mass is 9.83. The molecule has 3 aromatic rings. The predicted octanol–water partition coefficient (Wildman–Crippen LogP) is 3.82. The zero-order chi connectivity index (χ0) is 18.4. The van der Waals surface area contributed by atoms with E-state index in [-0.39, 0.29) is 5.56 Å². The fraction of sp³-hybridized carbons (Fsp3) is 0.273. The maximum atomic E-state index is 12.2. The second kappa shape index (κ2) is 6.50. The lowest BCUT2D eigenvalue weighted by molar-refractivity contribution is 0.180. The summed E-state index contributed by atoms with van der Waals surface area (Å²) < 4.78 is 1.96. The van der Waals surface area contributed by atoms with Crippen molar-refractivity contribution in [3.05, 3.63) is 76.7 Å². The van der Waals surface area contributed by atoms with Crippen molar-refractivity contribution in [1.82, 2.24) is 9.47 Å². The maximum Gasteiger partial charge on any atom is 0.250 e. The number of hydrogen-bond donors (Lipinski definition) is 1. The summed E-state index contributed by atoms with van der Waals surface area (Å²) in [7, 11) is 0. The van der Waals surface area contributed by atoms with E-state index in [1.807, 2.05) is 10.6 Å². The predicted molar refractivity (Wildman–Crippen MR) is 113 cm³/mol. The van der Waals surface area contributed by atoms with Gasteiger partial charge in [0.2, 0.25) is 0 Å². The summed E-state index contributed by atoms with van der Waals surface area (Å²) in [5.41, 5.74) is 2.31. The molecule has 1 fully saturated rings. The number of nitrogens with zero attached hydrogens (tertiary/aromatic N) is 2. The molecule has 1 aromatic heterocycles. The van der Waals surface area contributed by atoms with E-state index in [4.69, 9.17) is 12.2 Å². The van der Waals surface area contributed by atoms with Crippen molar-refractivity contribution in [3.63, 3.8) is 0 Å². The molecule has 0 aliphatic carbocycles. The van der Waals surface area contributed by atoms with Crippen molar-refractivity contribution in [2.24, 2.45) is 5.92 Å². The Morgan fingerprint density at radius 3 is 2.70 bits per heavy atom. The van der Waals surface area contributed by atoms with E-state index in [2.05, 4.69) is 58.7 Å². The fourth-order valence-electron chi connectivity index (χ4n) is 4.59. The standard InChI is InChI=1S/C22H21N3OS/c26-21-10-4-9-20-17-11-15(13-25(20)21)12-24(14-17)22(27)23-19-8-3-6-16-5-1-2-7-18(16)19/h1-10,15,17H,11-14H2,(H,23,27). The molecule has 1 saturated heterocycles. The highest BCUT2D eigenvalue weighted by Crippen LogP contribution is 2.35. The van der Waals surface area contributed by atoms with E-state index >= 15 is 0 Å². The molecule has 27 heavy (non-hydrogen) atoms. The summed E-state index contributed by atoms with van der Waals surface area (Å²) in [6.45, 7) is 2.54. The number of hydrogen-bond acceptors (Lipinski definition) is 2. The average molecular weight is 375 g/mol. The molecule has 5 heteroatoms. The van der Waals surface area contributed by atoms with Gasteiger partial charge in [-0.2, -0.15) is 0 Å². The number of thiocarbonyl (C=S) groups is 1. The van der Waals surface area contributed by atoms with Crippen LogP contribution in [0.3, 0.4) is 0 Å². The van der Waals surface area contributed by atoms with Gasteiger partial charge in [0.25, 0.3) is 5.56 Å². The third-order valence-corrected chi connectivity index (χ3v) is 6.16. The van der Waals surface area contributed by atoms with Gasteiger partial charge in [-0.25, -0.2) is 0 Å². The molecule has 0 spiro atoms. The molecule has 0 radical (unpaired) electrons. The number of fused-ring (bicyclic) bond motifs is 5. The van der Waals surface area contributed by atoms with Crippen molar-refractivity contribution in [3.8, 4) is 0 Å². The van der Waals surface area contributed by atoms with Crippen LogP contribution in [0, 0.1) is 5.92 Å². The minimum atomic E-state index is 0.118. The lowest BCUT2D eigenvalue weighted by Gasteiger charge is -2.43. The van der Waals surface area contributed by atoms with Crippen molar-refractivity contribution in [2.75, 3.05) is 18.4 Å². The number of benzene rings is 2. The molecule has 2 aliphatic rings. The lowest BCUT2D eigenvalue weighted by Crippen LogP contribution is -2.50. The van der Waals surface area contributed by atoms with Gasteiger partial charge >= 0.3 is 0 Å². The minimum Gasteiger partial charge on any atom is -0.348 e. The van der Waals surface area contributed by atoms with Gasteiger partial charge in [0, 0.05) is 48.4 Å². The molecule has 2 atom stereocenters. The number of nitrogens with one attached hydrogen (secondary N) is 1. The second-order valence-corrected chi connectivity index (χ2v) is 7.95. The second-order valence-electron chi connectivity index (χ2n) is 7.56. The smallest absolute Gasteiger partial charge is 0.250 e. The molecule has 1 N–H and O–H groups in total. The molecule has 3 heterocycles. The Hall–Kier alpha value is -2.66. The van der Waals surface area contributed by atoms with E-state index in [1.54, 1.807) is 6.07 Å². The summed E-state index contributed by atoms with van der Waals surface area (Å²) in [5.74, 6) is 0.822. The van der Waals surface area contributed by atoms with Crippen LogP contribution < -0.4 is 10.9 Å². The zero-order valence-electron chi connectivity index (χ0n) is 15.0. The van der Waals surface area contributed by atoms with Crippen LogP contribution in [0.2, 0.25) is 0 Å². The Morgan fingerprint density at radius 1 is 0.963 bits per heavy atom. The van der Waals surface area contributed by atoms with Gasteiger partial charge in [-0.1, -0.05) is 42.5 Å². The van der Waals surface area contributed by atoms with Crippen LogP contribution in [0.15, 0.2) is 65.5 Å². The summed E-state index contributed by atoms with van der Waals surface area (Å²) in [6, 6.07) is 20.2. The monoisotopic (exact) mass is 375 g/mol. The largest absolute Gasteiger partial charge is 0.348 e. The quantitative estimate of drug-likeness (QED) is 0.656. The number of anilines is 1. The van der Waals surface area contributed by atoms with Crippen LogP contribution in [0.4, 0.5) is 5.69 Å². The van der Waals surface area contributed by atoms with Crippen LogP contribution in [0.5, 0.6) is 0 Å². The molecular formula is C22H21N3OS. The highest BCUT2D eigenvalue weighted by molar-refractivity contribution is 7.80. The first kappa shape index (κ1) is 16.5. The van der Waals surface area contributed by atoms with Crippen molar-refractivity contribution in [1.29, 1.82) is 0 Å². The molecular weight excluding hydrogens is 354 g/mol.